The zero-order valence-electron chi connectivity index (χ0n) is 16.4. The molecule has 0 bridgehead atoms. The van der Waals surface area contributed by atoms with E-state index in [-0.39, 0.29) is 24.3 Å². The van der Waals surface area contributed by atoms with Crippen LogP contribution in [0.3, 0.4) is 0 Å². The lowest BCUT2D eigenvalue weighted by Crippen LogP contribution is -2.31. The van der Waals surface area contributed by atoms with Gasteiger partial charge in [0.25, 0.3) is 17.7 Å². The van der Waals surface area contributed by atoms with Crippen molar-refractivity contribution in [3.05, 3.63) is 70.2 Å². The molecule has 0 fully saturated rings. The van der Waals surface area contributed by atoms with Gasteiger partial charge >= 0.3 is 0 Å². The van der Waals surface area contributed by atoms with Crippen LogP contribution in [0.2, 0.25) is 0 Å². The summed E-state index contributed by atoms with van der Waals surface area (Å²) in [6, 6.07) is 13.2. The van der Waals surface area contributed by atoms with E-state index in [0.717, 1.165) is 0 Å². The summed E-state index contributed by atoms with van der Waals surface area (Å²) in [4.78, 5) is 49.7. The summed E-state index contributed by atoms with van der Waals surface area (Å²) in [6.45, 7) is 1.56. The molecule has 1 aromatic heterocycles. The standard InChI is InChI=1S/C21H17N5O4S/c1-12(27)22-14-6-4-5-13(11-14)18(28)23-21-25-24-17(31-21)9-10-26-19(29)15-7-2-3-8-16(15)20(26)30/h2-8,11H,9-10H2,1H3,(H,22,27)(H,23,25,28). The van der Waals surface area contributed by atoms with Gasteiger partial charge in [-0.15, -0.1) is 10.2 Å². The van der Waals surface area contributed by atoms with E-state index in [0.29, 0.717) is 38.9 Å². The number of benzene rings is 2. The van der Waals surface area contributed by atoms with E-state index in [2.05, 4.69) is 20.8 Å². The zero-order chi connectivity index (χ0) is 22.0. The van der Waals surface area contributed by atoms with Gasteiger partial charge in [-0.2, -0.15) is 0 Å². The van der Waals surface area contributed by atoms with Crippen molar-refractivity contribution in [2.45, 2.75) is 13.3 Å². The van der Waals surface area contributed by atoms with Gasteiger partial charge in [-0.1, -0.05) is 29.5 Å². The predicted octanol–water partition coefficient (Wildman–Crippen LogP) is 2.59. The third kappa shape index (κ3) is 4.33. The van der Waals surface area contributed by atoms with Gasteiger partial charge in [0, 0.05) is 31.1 Å². The monoisotopic (exact) mass is 435 g/mol. The first-order valence-electron chi connectivity index (χ1n) is 9.39. The topological polar surface area (TPSA) is 121 Å². The molecule has 1 aliphatic rings. The quantitative estimate of drug-likeness (QED) is 0.574. The Morgan fingerprint density at radius 2 is 1.68 bits per heavy atom. The van der Waals surface area contributed by atoms with Crippen LogP contribution < -0.4 is 10.6 Å². The second kappa shape index (κ2) is 8.44. The minimum absolute atomic E-state index is 0.174. The van der Waals surface area contributed by atoms with Crippen molar-refractivity contribution >= 4 is 45.8 Å². The molecule has 0 unspecified atom stereocenters. The van der Waals surface area contributed by atoms with Crippen molar-refractivity contribution in [3.8, 4) is 0 Å². The normalized spacial score (nSPS) is 12.6. The Labute approximate surface area is 181 Å². The largest absolute Gasteiger partial charge is 0.326 e. The number of anilines is 2. The van der Waals surface area contributed by atoms with E-state index in [4.69, 9.17) is 0 Å². The maximum absolute atomic E-state index is 12.5. The second-order valence-corrected chi connectivity index (χ2v) is 7.84. The average Bonchev–Trinajstić information content (AvgIpc) is 3.29. The molecule has 0 atom stereocenters. The lowest BCUT2D eigenvalue weighted by atomic mass is 10.1. The highest BCUT2D eigenvalue weighted by atomic mass is 32.1. The van der Waals surface area contributed by atoms with Gasteiger partial charge in [0.1, 0.15) is 5.01 Å². The van der Waals surface area contributed by atoms with Gasteiger partial charge in [0.2, 0.25) is 11.0 Å². The molecule has 4 amide bonds. The molecule has 0 saturated carbocycles. The van der Waals surface area contributed by atoms with Crippen LogP contribution in [0.1, 0.15) is 43.0 Å². The van der Waals surface area contributed by atoms with Crippen molar-refractivity contribution in [1.82, 2.24) is 15.1 Å². The van der Waals surface area contributed by atoms with Gasteiger partial charge in [0.05, 0.1) is 11.1 Å². The molecule has 1 aliphatic heterocycles. The number of hydrogen-bond donors (Lipinski definition) is 2. The maximum atomic E-state index is 12.5. The van der Waals surface area contributed by atoms with Crippen molar-refractivity contribution in [1.29, 1.82) is 0 Å². The predicted molar refractivity (Wildman–Crippen MR) is 114 cm³/mol. The molecule has 31 heavy (non-hydrogen) atoms. The minimum atomic E-state index is -0.393. The number of nitrogens with one attached hydrogen (secondary N) is 2. The van der Waals surface area contributed by atoms with Gasteiger partial charge in [0.15, 0.2) is 0 Å². The number of amides is 4. The molecule has 3 aromatic rings. The van der Waals surface area contributed by atoms with Crippen molar-refractivity contribution < 1.29 is 19.2 Å². The molecular formula is C21H17N5O4S. The summed E-state index contributed by atoms with van der Waals surface area (Å²) >= 11 is 1.17. The van der Waals surface area contributed by atoms with Crippen LogP contribution >= 0.6 is 11.3 Å². The summed E-state index contributed by atoms with van der Waals surface area (Å²) in [5, 5.41) is 14.1. The van der Waals surface area contributed by atoms with Crippen LogP contribution in [0.25, 0.3) is 0 Å². The Morgan fingerprint density at radius 1 is 0.968 bits per heavy atom. The van der Waals surface area contributed by atoms with Crippen LogP contribution in [0, 0.1) is 0 Å². The molecule has 2 N–H and O–H groups in total. The summed E-state index contributed by atoms with van der Waals surface area (Å²) in [5.41, 5.74) is 1.67. The highest BCUT2D eigenvalue weighted by molar-refractivity contribution is 7.15. The molecule has 156 valence electrons. The first-order valence-corrected chi connectivity index (χ1v) is 10.2. The van der Waals surface area contributed by atoms with E-state index in [9.17, 15) is 19.2 Å². The maximum Gasteiger partial charge on any atom is 0.261 e. The van der Waals surface area contributed by atoms with E-state index in [1.807, 2.05) is 0 Å². The van der Waals surface area contributed by atoms with E-state index >= 15 is 0 Å². The van der Waals surface area contributed by atoms with Gasteiger partial charge < -0.3 is 5.32 Å². The molecule has 0 spiro atoms. The zero-order valence-corrected chi connectivity index (χ0v) is 17.2. The Bertz CT molecular complexity index is 1170. The van der Waals surface area contributed by atoms with Crippen LogP contribution in [-0.2, 0) is 11.2 Å². The third-order valence-corrected chi connectivity index (χ3v) is 5.46. The van der Waals surface area contributed by atoms with Gasteiger partial charge in [-0.25, -0.2) is 0 Å². The number of carbonyl (C=O) groups is 4. The molecule has 2 aromatic carbocycles. The first kappa shape index (κ1) is 20.4. The Hall–Kier alpha value is -3.92. The van der Waals surface area contributed by atoms with Crippen LogP contribution in [-0.4, -0.2) is 45.3 Å². The summed E-state index contributed by atoms with van der Waals surface area (Å²) < 4.78 is 0. The number of fused-ring (bicyclic) bond motifs is 1. The number of aromatic nitrogens is 2. The number of rotatable bonds is 6. The smallest absolute Gasteiger partial charge is 0.261 e. The van der Waals surface area contributed by atoms with Gasteiger partial charge in [-0.05, 0) is 30.3 Å². The molecular weight excluding hydrogens is 418 g/mol. The van der Waals surface area contributed by atoms with Crippen molar-refractivity contribution in [2.24, 2.45) is 0 Å². The fourth-order valence-corrected chi connectivity index (χ4v) is 3.89. The second-order valence-electron chi connectivity index (χ2n) is 6.77. The van der Waals surface area contributed by atoms with Crippen LogP contribution in [0.5, 0.6) is 0 Å². The lowest BCUT2D eigenvalue weighted by molar-refractivity contribution is -0.114. The first-order chi connectivity index (χ1) is 14.9. The van der Waals surface area contributed by atoms with Crippen LogP contribution in [0.4, 0.5) is 10.8 Å². The van der Waals surface area contributed by atoms with Crippen LogP contribution in [0.15, 0.2) is 48.5 Å². The molecule has 10 heteroatoms. The number of hydrogen-bond acceptors (Lipinski definition) is 7. The molecule has 4 rings (SSSR count). The molecule has 0 aliphatic carbocycles. The minimum Gasteiger partial charge on any atom is -0.326 e. The Morgan fingerprint density at radius 3 is 2.35 bits per heavy atom. The Balaban J connectivity index is 1.37. The lowest BCUT2D eigenvalue weighted by Gasteiger charge is -2.12. The summed E-state index contributed by atoms with van der Waals surface area (Å²) in [6.07, 6.45) is 0.330. The SMILES string of the molecule is CC(=O)Nc1cccc(C(=O)Nc2nnc(CCN3C(=O)c4ccccc4C3=O)s2)c1. The van der Waals surface area contributed by atoms with Crippen molar-refractivity contribution in [3.63, 3.8) is 0 Å². The van der Waals surface area contributed by atoms with E-state index in [1.54, 1.807) is 48.5 Å². The molecule has 2 heterocycles. The highest BCUT2D eigenvalue weighted by Gasteiger charge is 2.34. The average molecular weight is 435 g/mol. The number of nitrogens with zero attached hydrogens (tertiary/aromatic N) is 3. The van der Waals surface area contributed by atoms with E-state index < -0.39 is 5.91 Å². The number of imide groups is 1. The summed E-state index contributed by atoms with van der Waals surface area (Å²) in [7, 11) is 0. The molecule has 0 radical (unpaired) electrons. The molecule has 9 nitrogen and oxygen atoms in total. The van der Waals surface area contributed by atoms with E-state index in [1.165, 1.54) is 23.2 Å². The van der Waals surface area contributed by atoms with Gasteiger partial charge in [-0.3, -0.25) is 29.4 Å². The number of carbonyl (C=O) groups excluding carboxylic acids is 4. The third-order valence-electron chi connectivity index (χ3n) is 4.56. The fourth-order valence-electron chi connectivity index (χ4n) is 3.17. The summed E-state index contributed by atoms with van der Waals surface area (Å²) in [5.74, 6) is -1.27. The van der Waals surface area contributed by atoms with Crippen molar-refractivity contribution in [2.75, 3.05) is 17.2 Å². The fraction of sp³-hybridized carbons (Fsp3) is 0.143. The Kier molecular flexibility index (Phi) is 5.54. The molecule has 0 saturated heterocycles. The highest BCUT2D eigenvalue weighted by Crippen LogP contribution is 2.24.